The molecule has 1 aromatic heterocycles. The molecular weight excluding hydrogens is 246 g/mol. The lowest BCUT2D eigenvalue weighted by Gasteiger charge is -2.11. The second-order valence-corrected chi connectivity index (χ2v) is 4.46. The highest BCUT2D eigenvalue weighted by atomic mass is 16.4. The predicted octanol–water partition coefficient (Wildman–Crippen LogP) is 1.06. The van der Waals surface area contributed by atoms with Crippen molar-refractivity contribution in [1.29, 1.82) is 0 Å². The van der Waals surface area contributed by atoms with Gasteiger partial charge in [0, 0.05) is 16.9 Å². The van der Waals surface area contributed by atoms with E-state index in [-0.39, 0.29) is 17.4 Å². The van der Waals surface area contributed by atoms with Gasteiger partial charge >= 0.3 is 6.03 Å². The van der Waals surface area contributed by atoms with Crippen LogP contribution < -0.4 is 15.7 Å². The number of carboxylic acids is 1. The number of aromatic amines is 1. The van der Waals surface area contributed by atoms with E-state index in [0.29, 0.717) is 10.9 Å². The number of hydrogen-bond donors (Lipinski definition) is 3. The van der Waals surface area contributed by atoms with Gasteiger partial charge in [0.05, 0.1) is 17.4 Å². The summed E-state index contributed by atoms with van der Waals surface area (Å²) in [6.45, 7) is 3.63. The zero-order valence-electron chi connectivity index (χ0n) is 10.6. The SMILES string of the molecule is CC(C)NC(=O)Nc1c(C(=O)[O-])[nH]c2ccccc12. The van der Waals surface area contributed by atoms with Crippen LogP contribution in [0.1, 0.15) is 24.3 Å². The number of carbonyl (C=O) groups is 2. The lowest BCUT2D eigenvalue weighted by atomic mass is 10.2. The van der Waals surface area contributed by atoms with E-state index in [0.717, 1.165) is 0 Å². The number of rotatable bonds is 3. The van der Waals surface area contributed by atoms with Gasteiger partial charge in [0.15, 0.2) is 0 Å². The Morgan fingerprint density at radius 1 is 1.26 bits per heavy atom. The van der Waals surface area contributed by atoms with E-state index in [9.17, 15) is 14.7 Å². The van der Waals surface area contributed by atoms with Gasteiger partial charge in [-0.3, -0.25) is 0 Å². The molecule has 0 unspecified atom stereocenters. The number of para-hydroxylation sites is 1. The Morgan fingerprint density at radius 3 is 2.58 bits per heavy atom. The van der Waals surface area contributed by atoms with Crippen molar-refractivity contribution in [3.05, 3.63) is 30.0 Å². The third kappa shape index (κ3) is 2.67. The maximum absolute atomic E-state index is 11.7. The van der Waals surface area contributed by atoms with Gasteiger partial charge in [-0.15, -0.1) is 0 Å². The Morgan fingerprint density at radius 2 is 1.95 bits per heavy atom. The minimum Gasteiger partial charge on any atom is -0.543 e. The number of fused-ring (bicyclic) bond motifs is 1. The van der Waals surface area contributed by atoms with Crippen LogP contribution in [0, 0.1) is 0 Å². The summed E-state index contributed by atoms with van der Waals surface area (Å²) < 4.78 is 0. The molecule has 0 aliphatic rings. The molecule has 0 aliphatic heterocycles. The van der Waals surface area contributed by atoms with Crippen LogP contribution in [0.15, 0.2) is 24.3 Å². The van der Waals surface area contributed by atoms with Crippen molar-refractivity contribution < 1.29 is 14.7 Å². The summed E-state index contributed by atoms with van der Waals surface area (Å²) in [6.07, 6.45) is 0. The predicted molar refractivity (Wildman–Crippen MR) is 69.9 cm³/mol. The van der Waals surface area contributed by atoms with E-state index in [1.165, 1.54) is 0 Å². The average molecular weight is 260 g/mol. The fourth-order valence-corrected chi connectivity index (χ4v) is 1.84. The highest BCUT2D eigenvalue weighted by Gasteiger charge is 2.14. The fraction of sp³-hybridized carbons (Fsp3) is 0.231. The first-order valence-electron chi connectivity index (χ1n) is 5.88. The van der Waals surface area contributed by atoms with Crippen LogP contribution >= 0.6 is 0 Å². The maximum Gasteiger partial charge on any atom is 0.319 e. The van der Waals surface area contributed by atoms with E-state index in [2.05, 4.69) is 15.6 Å². The van der Waals surface area contributed by atoms with Gasteiger partial charge in [-0.1, -0.05) is 18.2 Å². The minimum absolute atomic E-state index is 0.0448. The van der Waals surface area contributed by atoms with Gasteiger partial charge in [-0.05, 0) is 19.9 Å². The third-order valence-corrected chi connectivity index (χ3v) is 2.57. The molecule has 0 atom stereocenters. The first-order valence-corrected chi connectivity index (χ1v) is 5.88. The van der Waals surface area contributed by atoms with E-state index < -0.39 is 12.0 Å². The van der Waals surface area contributed by atoms with Gasteiger partial charge in [0.1, 0.15) is 0 Å². The summed E-state index contributed by atoms with van der Waals surface area (Å²) in [5, 5.41) is 16.9. The number of nitrogens with one attached hydrogen (secondary N) is 3. The number of amides is 2. The monoisotopic (exact) mass is 260 g/mol. The maximum atomic E-state index is 11.7. The van der Waals surface area contributed by atoms with Crippen molar-refractivity contribution in [2.24, 2.45) is 0 Å². The van der Waals surface area contributed by atoms with Crippen molar-refractivity contribution in [3.8, 4) is 0 Å². The zero-order chi connectivity index (χ0) is 14.0. The summed E-state index contributed by atoms with van der Waals surface area (Å²) in [5.74, 6) is -1.36. The van der Waals surface area contributed by atoms with Crippen molar-refractivity contribution in [2.75, 3.05) is 5.32 Å². The van der Waals surface area contributed by atoms with E-state index in [1.54, 1.807) is 24.3 Å². The van der Waals surface area contributed by atoms with Crippen LogP contribution in [-0.4, -0.2) is 23.0 Å². The second kappa shape index (κ2) is 5.01. The van der Waals surface area contributed by atoms with E-state index in [4.69, 9.17) is 0 Å². The molecule has 2 amide bonds. The normalized spacial score (nSPS) is 10.7. The molecule has 1 aromatic carbocycles. The number of H-pyrrole nitrogens is 1. The van der Waals surface area contributed by atoms with Crippen molar-refractivity contribution in [3.63, 3.8) is 0 Å². The number of aromatic nitrogens is 1. The van der Waals surface area contributed by atoms with Gasteiger partial charge in [0.2, 0.25) is 0 Å². The summed E-state index contributed by atoms with van der Waals surface area (Å²) in [7, 11) is 0. The summed E-state index contributed by atoms with van der Waals surface area (Å²) in [4.78, 5) is 25.5. The molecule has 2 aromatic rings. The molecule has 0 spiro atoms. The van der Waals surface area contributed by atoms with Gasteiger partial charge in [-0.25, -0.2) is 4.79 Å². The molecule has 19 heavy (non-hydrogen) atoms. The lowest BCUT2D eigenvalue weighted by molar-refractivity contribution is -0.255. The summed E-state index contributed by atoms with van der Waals surface area (Å²) in [6, 6.07) is 6.49. The number of urea groups is 1. The van der Waals surface area contributed by atoms with Crippen molar-refractivity contribution >= 4 is 28.6 Å². The standard InChI is InChI=1S/C13H15N3O3/c1-7(2)14-13(19)16-10-8-5-3-4-6-9(8)15-11(10)12(17)18/h3-7,15H,1-2H3,(H,17,18)(H2,14,16,19)/p-1. The van der Waals surface area contributed by atoms with Crippen LogP contribution in [0.2, 0.25) is 0 Å². The largest absolute Gasteiger partial charge is 0.543 e. The molecule has 6 heteroatoms. The number of aromatic carboxylic acids is 1. The number of benzene rings is 1. The Kier molecular flexibility index (Phi) is 3.41. The van der Waals surface area contributed by atoms with E-state index in [1.807, 2.05) is 13.8 Å². The number of anilines is 1. The Hall–Kier alpha value is -2.50. The van der Waals surface area contributed by atoms with Gasteiger partial charge < -0.3 is 25.5 Å². The first-order chi connectivity index (χ1) is 8.99. The molecular formula is C13H14N3O3-. The number of carboxylic acid groups (broad SMARTS) is 1. The zero-order valence-corrected chi connectivity index (χ0v) is 10.6. The highest BCUT2D eigenvalue weighted by Crippen LogP contribution is 2.27. The van der Waals surface area contributed by atoms with Crippen LogP contribution in [0.5, 0.6) is 0 Å². The summed E-state index contributed by atoms with van der Waals surface area (Å²) in [5.41, 5.74) is 0.704. The average Bonchev–Trinajstić information content (AvgIpc) is 2.67. The molecule has 3 N–H and O–H groups in total. The fourth-order valence-electron chi connectivity index (χ4n) is 1.84. The molecule has 6 nitrogen and oxygen atoms in total. The first kappa shape index (κ1) is 12.9. The van der Waals surface area contributed by atoms with Crippen LogP contribution in [0.4, 0.5) is 10.5 Å². The minimum atomic E-state index is -1.36. The van der Waals surface area contributed by atoms with Crippen molar-refractivity contribution in [1.82, 2.24) is 10.3 Å². The smallest absolute Gasteiger partial charge is 0.319 e. The highest BCUT2D eigenvalue weighted by molar-refractivity contribution is 6.09. The third-order valence-electron chi connectivity index (χ3n) is 2.57. The topological polar surface area (TPSA) is 97.1 Å². The van der Waals surface area contributed by atoms with Crippen LogP contribution in [0.25, 0.3) is 10.9 Å². The lowest BCUT2D eigenvalue weighted by Crippen LogP contribution is -2.35. The number of carbonyl (C=O) groups excluding carboxylic acids is 2. The Bertz CT molecular complexity index is 631. The van der Waals surface area contributed by atoms with E-state index >= 15 is 0 Å². The Labute approximate surface area is 109 Å². The molecule has 0 saturated carbocycles. The number of hydrogen-bond acceptors (Lipinski definition) is 3. The molecule has 100 valence electrons. The van der Waals surface area contributed by atoms with Crippen molar-refractivity contribution in [2.45, 2.75) is 19.9 Å². The molecule has 0 saturated heterocycles. The van der Waals surface area contributed by atoms with Gasteiger partial charge in [-0.2, -0.15) is 0 Å². The summed E-state index contributed by atoms with van der Waals surface area (Å²) >= 11 is 0. The molecule has 0 radical (unpaired) electrons. The molecule has 0 bridgehead atoms. The molecule has 0 aliphatic carbocycles. The molecule has 1 heterocycles. The quantitative estimate of drug-likeness (QED) is 0.769. The van der Waals surface area contributed by atoms with Gasteiger partial charge in [0.25, 0.3) is 0 Å². The van der Waals surface area contributed by atoms with Crippen LogP contribution in [-0.2, 0) is 0 Å². The molecule has 2 rings (SSSR count). The Balaban J connectivity index is 2.42. The second-order valence-electron chi connectivity index (χ2n) is 4.46. The van der Waals surface area contributed by atoms with Crippen LogP contribution in [0.3, 0.4) is 0 Å². The molecule has 0 fully saturated rings.